The van der Waals surface area contributed by atoms with Crippen molar-refractivity contribution in [1.82, 2.24) is 29.4 Å². The van der Waals surface area contributed by atoms with Crippen molar-refractivity contribution in [3.8, 4) is 28.4 Å². The highest BCUT2D eigenvalue weighted by Gasteiger charge is 2.38. The number of hydrogen-bond acceptors (Lipinski definition) is 9. The Kier molecular flexibility index (Phi) is 7.48. The lowest BCUT2D eigenvalue weighted by Gasteiger charge is -2.40. The van der Waals surface area contributed by atoms with Gasteiger partial charge >= 0.3 is 5.69 Å². The quantitative estimate of drug-likeness (QED) is 0.319. The van der Waals surface area contributed by atoms with E-state index in [0.29, 0.717) is 42.1 Å². The van der Waals surface area contributed by atoms with Crippen molar-refractivity contribution in [2.75, 3.05) is 31.1 Å². The minimum Gasteiger partial charge on any atom is -0.507 e. The average Bonchev–Trinajstić information content (AvgIpc) is 3.15. The Morgan fingerprint density at radius 1 is 1.16 bits per heavy atom. The van der Waals surface area contributed by atoms with Crippen molar-refractivity contribution in [3.05, 3.63) is 69.9 Å². The fraction of sp³-hybridized carbons (Fsp3) is 0.355. The van der Waals surface area contributed by atoms with Crippen LogP contribution in [-0.2, 0) is 4.79 Å². The van der Waals surface area contributed by atoms with E-state index in [1.165, 1.54) is 35.2 Å². The Morgan fingerprint density at radius 2 is 1.86 bits per heavy atom. The SMILES string of the molecule is C=CC(=O)N1CCN2c3nc(=O)n(-c4c(C(C)C)ncnc4C(C)C)c4nc(-c5c(O)cccc5F)c(Cl)c(c34)OCC2C1. The van der Waals surface area contributed by atoms with E-state index < -0.39 is 11.5 Å². The van der Waals surface area contributed by atoms with Crippen molar-refractivity contribution in [2.24, 2.45) is 0 Å². The molecule has 1 aromatic carbocycles. The first kappa shape index (κ1) is 29.5. The largest absolute Gasteiger partial charge is 0.507 e. The molecule has 44 heavy (non-hydrogen) atoms. The van der Waals surface area contributed by atoms with Crippen molar-refractivity contribution < 1.29 is 19.0 Å². The topological polar surface area (TPSA) is 127 Å². The Balaban J connectivity index is 1.74. The molecule has 0 bridgehead atoms. The van der Waals surface area contributed by atoms with Gasteiger partial charge in [0.25, 0.3) is 0 Å². The number of benzene rings is 1. The molecule has 3 aromatic heterocycles. The number of rotatable bonds is 5. The molecule has 2 aliphatic heterocycles. The Morgan fingerprint density at radius 3 is 2.50 bits per heavy atom. The van der Waals surface area contributed by atoms with E-state index in [1.807, 2.05) is 32.6 Å². The van der Waals surface area contributed by atoms with E-state index in [4.69, 9.17) is 21.3 Å². The summed E-state index contributed by atoms with van der Waals surface area (Å²) in [7, 11) is 0. The van der Waals surface area contributed by atoms with E-state index in [2.05, 4.69) is 21.5 Å². The number of halogens is 2. The molecule has 0 radical (unpaired) electrons. The summed E-state index contributed by atoms with van der Waals surface area (Å²) < 4.78 is 23.0. The molecule has 2 aliphatic rings. The summed E-state index contributed by atoms with van der Waals surface area (Å²) in [6.45, 7) is 12.5. The van der Waals surface area contributed by atoms with Crippen LogP contribution in [0.4, 0.5) is 10.2 Å². The van der Waals surface area contributed by atoms with Crippen LogP contribution in [0.1, 0.15) is 50.9 Å². The normalized spacial score (nSPS) is 16.2. The summed E-state index contributed by atoms with van der Waals surface area (Å²) in [5.41, 5.74) is 0.724. The predicted octanol–water partition coefficient (Wildman–Crippen LogP) is 4.58. The molecule has 11 nitrogen and oxygen atoms in total. The maximum Gasteiger partial charge on any atom is 0.355 e. The fourth-order valence-corrected chi connectivity index (χ4v) is 6.19. The van der Waals surface area contributed by atoms with Gasteiger partial charge in [-0.2, -0.15) is 4.98 Å². The monoisotopic (exact) mass is 619 g/mol. The summed E-state index contributed by atoms with van der Waals surface area (Å²) in [4.78, 5) is 48.7. The van der Waals surface area contributed by atoms with Gasteiger partial charge in [0.2, 0.25) is 5.91 Å². The zero-order valence-electron chi connectivity index (χ0n) is 24.7. The number of hydrogen-bond donors (Lipinski definition) is 1. The Hall–Kier alpha value is -4.58. The van der Waals surface area contributed by atoms with Gasteiger partial charge < -0.3 is 19.6 Å². The van der Waals surface area contributed by atoms with Crippen molar-refractivity contribution in [1.29, 1.82) is 0 Å². The summed E-state index contributed by atoms with van der Waals surface area (Å²) in [6.07, 6.45) is 2.72. The van der Waals surface area contributed by atoms with E-state index in [0.717, 1.165) is 0 Å². The molecule has 1 fully saturated rings. The molecule has 0 spiro atoms. The van der Waals surface area contributed by atoms with Gasteiger partial charge in [0, 0.05) is 19.6 Å². The molecule has 0 saturated carbocycles. The second-order valence-corrected chi connectivity index (χ2v) is 11.8. The summed E-state index contributed by atoms with van der Waals surface area (Å²) in [6, 6.07) is 3.50. The summed E-state index contributed by atoms with van der Waals surface area (Å²) in [5, 5.41) is 11.0. The number of carbonyl (C=O) groups excluding carboxylic acids is 1. The average molecular weight is 620 g/mol. The zero-order valence-corrected chi connectivity index (χ0v) is 25.5. The van der Waals surface area contributed by atoms with Crippen LogP contribution in [0.3, 0.4) is 0 Å². The number of fused-ring (bicyclic) bond motifs is 2. The van der Waals surface area contributed by atoms with Crippen LogP contribution < -0.4 is 15.3 Å². The number of pyridine rings is 1. The molecule has 5 heterocycles. The fourth-order valence-electron chi connectivity index (χ4n) is 5.90. The third-order valence-electron chi connectivity index (χ3n) is 7.99. The highest BCUT2D eigenvalue weighted by atomic mass is 35.5. The first-order chi connectivity index (χ1) is 21.0. The van der Waals surface area contributed by atoms with Crippen molar-refractivity contribution in [2.45, 2.75) is 45.6 Å². The number of nitrogens with zero attached hydrogens (tertiary/aromatic N) is 7. The molecule has 13 heteroatoms. The van der Waals surface area contributed by atoms with Crippen LogP contribution in [-0.4, -0.2) is 72.7 Å². The number of aromatic nitrogens is 5. The van der Waals surface area contributed by atoms with E-state index >= 15 is 4.39 Å². The lowest BCUT2D eigenvalue weighted by Crippen LogP contribution is -2.56. The van der Waals surface area contributed by atoms with Crippen LogP contribution in [0.25, 0.3) is 28.0 Å². The number of phenols is 1. The number of anilines is 1. The van der Waals surface area contributed by atoms with E-state index in [1.54, 1.807) is 4.90 Å². The maximum absolute atomic E-state index is 15.3. The molecule has 4 aromatic rings. The number of piperazine rings is 1. The molecular formula is C31H31ClFN7O4. The lowest BCUT2D eigenvalue weighted by atomic mass is 10.0. The zero-order chi connectivity index (χ0) is 31.4. The number of carbonyl (C=O) groups is 1. The number of phenolic OH excluding ortho intramolecular Hbond substituents is 1. The van der Waals surface area contributed by atoms with Gasteiger partial charge in [-0.05, 0) is 30.0 Å². The van der Waals surface area contributed by atoms with Crippen molar-refractivity contribution in [3.63, 3.8) is 0 Å². The van der Waals surface area contributed by atoms with Crippen LogP contribution in [0.2, 0.25) is 5.02 Å². The first-order valence-electron chi connectivity index (χ1n) is 14.3. The van der Waals surface area contributed by atoms with Gasteiger partial charge in [-0.15, -0.1) is 0 Å². The smallest absolute Gasteiger partial charge is 0.355 e. The molecule has 1 amide bonds. The molecule has 1 atom stereocenters. The molecule has 6 rings (SSSR count). The highest BCUT2D eigenvalue weighted by Crippen LogP contribution is 2.47. The number of aromatic hydroxyl groups is 1. The molecule has 1 N–H and O–H groups in total. The minimum atomic E-state index is -0.757. The minimum absolute atomic E-state index is 0.0532. The molecular weight excluding hydrogens is 589 g/mol. The maximum atomic E-state index is 15.3. The Labute approximate surface area is 257 Å². The Bertz CT molecular complexity index is 1850. The van der Waals surface area contributed by atoms with E-state index in [-0.39, 0.29) is 69.6 Å². The van der Waals surface area contributed by atoms with Gasteiger partial charge in [0.05, 0.1) is 28.7 Å². The predicted molar refractivity (Wildman–Crippen MR) is 164 cm³/mol. The second kappa shape index (κ2) is 11.2. The lowest BCUT2D eigenvalue weighted by molar-refractivity contribution is -0.126. The van der Waals surface area contributed by atoms with Gasteiger partial charge in [0.1, 0.15) is 46.4 Å². The van der Waals surface area contributed by atoms with Crippen molar-refractivity contribution >= 4 is 34.4 Å². The molecule has 0 aliphatic carbocycles. The van der Waals surface area contributed by atoms with Crippen LogP contribution in [0.5, 0.6) is 11.5 Å². The van der Waals surface area contributed by atoms with Gasteiger partial charge in [-0.1, -0.05) is 51.9 Å². The van der Waals surface area contributed by atoms with E-state index in [9.17, 15) is 14.7 Å². The molecule has 1 saturated heterocycles. The van der Waals surface area contributed by atoms with Crippen LogP contribution >= 0.6 is 11.6 Å². The highest BCUT2D eigenvalue weighted by molar-refractivity contribution is 6.36. The van der Waals surface area contributed by atoms with Gasteiger partial charge in [-0.25, -0.2) is 28.7 Å². The standard InChI is InChI=1S/C31H31ClFN7O4/c1-6-20(42)38-10-11-39-17(12-38)13-44-28-22-29(39)37-31(43)40(27-24(15(2)3)34-14-35-25(27)16(4)5)30(22)36-26(23(28)32)21-18(33)8-7-9-19(21)41/h6-9,14-17,41H,1,10-13H2,2-5H3. The second-order valence-electron chi connectivity index (χ2n) is 11.4. The first-order valence-corrected chi connectivity index (χ1v) is 14.7. The third kappa shape index (κ3) is 4.64. The molecule has 1 unspecified atom stereocenters. The molecule has 228 valence electrons. The number of amides is 1. The summed E-state index contributed by atoms with van der Waals surface area (Å²) in [5.74, 6) is -1.15. The summed E-state index contributed by atoms with van der Waals surface area (Å²) >= 11 is 6.94. The number of ether oxygens (including phenoxy) is 1. The third-order valence-corrected chi connectivity index (χ3v) is 8.34. The van der Waals surface area contributed by atoms with Gasteiger partial charge in [0.15, 0.2) is 11.4 Å². The van der Waals surface area contributed by atoms with Crippen LogP contribution in [0, 0.1) is 5.82 Å². The van der Waals surface area contributed by atoms with Gasteiger partial charge in [-0.3, -0.25) is 4.79 Å². The van der Waals surface area contributed by atoms with Crippen LogP contribution in [0.15, 0.2) is 42.0 Å².